The Morgan fingerprint density at radius 2 is 1.74 bits per heavy atom. The molecule has 2 aromatic rings. The third-order valence-electron chi connectivity index (χ3n) is 4.83. The standard InChI is InChI=1S/C22H30N4O/c1-2-23-22(24-12-11-19-9-6-10-21(27)17-19)26-15-13-25(14-16-26)18-20-7-4-3-5-8-20/h3-10,17,27H,2,11-16,18H2,1H3,(H,23,24). The van der Waals surface area contributed by atoms with E-state index in [1.807, 2.05) is 18.2 Å². The zero-order chi connectivity index (χ0) is 18.9. The summed E-state index contributed by atoms with van der Waals surface area (Å²) in [6.45, 7) is 8.79. The van der Waals surface area contributed by atoms with Gasteiger partial charge in [0.1, 0.15) is 5.75 Å². The molecule has 0 amide bonds. The monoisotopic (exact) mass is 366 g/mol. The van der Waals surface area contributed by atoms with Crippen LogP contribution in [0.2, 0.25) is 0 Å². The Hall–Kier alpha value is -2.53. The van der Waals surface area contributed by atoms with Crippen molar-refractivity contribution >= 4 is 5.96 Å². The molecular weight excluding hydrogens is 336 g/mol. The van der Waals surface area contributed by atoms with Crippen molar-refractivity contribution in [1.29, 1.82) is 0 Å². The lowest BCUT2D eigenvalue weighted by Gasteiger charge is -2.36. The van der Waals surface area contributed by atoms with Gasteiger partial charge in [-0.05, 0) is 36.6 Å². The number of aromatic hydroxyl groups is 1. The van der Waals surface area contributed by atoms with Gasteiger partial charge in [0.25, 0.3) is 0 Å². The predicted molar refractivity (Wildman–Crippen MR) is 111 cm³/mol. The molecule has 0 aromatic heterocycles. The molecule has 0 bridgehead atoms. The van der Waals surface area contributed by atoms with Crippen LogP contribution in [0.4, 0.5) is 0 Å². The van der Waals surface area contributed by atoms with Crippen LogP contribution >= 0.6 is 0 Å². The smallest absolute Gasteiger partial charge is 0.194 e. The second kappa shape index (κ2) is 9.97. The van der Waals surface area contributed by atoms with E-state index in [9.17, 15) is 5.11 Å². The van der Waals surface area contributed by atoms with E-state index >= 15 is 0 Å². The predicted octanol–water partition coefficient (Wildman–Crippen LogP) is 2.72. The van der Waals surface area contributed by atoms with Crippen LogP contribution < -0.4 is 5.32 Å². The molecule has 0 saturated carbocycles. The number of phenols is 1. The number of rotatable bonds is 6. The number of benzene rings is 2. The zero-order valence-electron chi connectivity index (χ0n) is 16.1. The molecule has 1 aliphatic rings. The van der Waals surface area contributed by atoms with Gasteiger partial charge in [-0.3, -0.25) is 9.89 Å². The van der Waals surface area contributed by atoms with Gasteiger partial charge in [-0.2, -0.15) is 0 Å². The van der Waals surface area contributed by atoms with E-state index in [0.29, 0.717) is 5.75 Å². The molecule has 0 unspecified atom stereocenters. The number of piperazine rings is 1. The quantitative estimate of drug-likeness (QED) is 0.610. The average Bonchev–Trinajstić information content (AvgIpc) is 2.69. The number of hydrogen-bond donors (Lipinski definition) is 2. The first kappa shape index (κ1) is 19.2. The van der Waals surface area contributed by atoms with Crippen molar-refractivity contribution in [2.75, 3.05) is 39.3 Å². The SMILES string of the molecule is CCNC(=NCCc1cccc(O)c1)N1CCN(Cc2ccccc2)CC1. The summed E-state index contributed by atoms with van der Waals surface area (Å²) in [7, 11) is 0. The van der Waals surface area contributed by atoms with Crippen LogP contribution in [-0.2, 0) is 13.0 Å². The lowest BCUT2D eigenvalue weighted by molar-refractivity contribution is 0.172. The highest BCUT2D eigenvalue weighted by molar-refractivity contribution is 5.80. The lowest BCUT2D eigenvalue weighted by atomic mass is 10.1. The molecule has 5 heteroatoms. The Labute approximate surface area is 162 Å². The molecule has 27 heavy (non-hydrogen) atoms. The Balaban J connectivity index is 1.51. The normalized spacial score (nSPS) is 15.7. The number of nitrogens with one attached hydrogen (secondary N) is 1. The summed E-state index contributed by atoms with van der Waals surface area (Å²) in [6, 6.07) is 18.1. The van der Waals surface area contributed by atoms with Gasteiger partial charge in [0, 0.05) is 45.8 Å². The second-order valence-electron chi connectivity index (χ2n) is 6.90. The summed E-state index contributed by atoms with van der Waals surface area (Å²) >= 11 is 0. The van der Waals surface area contributed by atoms with Crippen molar-refractivity contribution in [2.45, 2.75) is 19.9 Å². The Bertz CT molecular complexity index is 724. The van der Waals surface area contributed by atoms with Gasteiger partial charge in [0.05, 0.1) is 0 Å². The van der Waals surface area contributed by atoms with Crippen LogP contribution in [0.3, 0.4) is 0 Å². The van der Waals surface area contributed by atoms with Gasteiger partial charge < -0.3 is 15.3 Å². The van der Waals surface area contributed by atoms with Crippen LogP contribution in [0.1, 0.15) is 18.1 Å². The molecule has 0 atom stereocenters. The van der Waals surface area contributed by atoms with E-state index in [1.54, 1.807) is 6.07 Å². The summed E-state index contributed by atoms with van der Waals surface area (Å²) in [5.74, 6) is 1.31. The fourth-order valence-electron chi connectivity index (χ4n) is 3.39. The highest BCUT2D eigenvalue weighted by Gasteiger charge is 2.19. The maximum absolute atomic E-state index is 9.58. The first-order chi connectivity index (χ1) is 13.2. The van der Waals surface area contributed by atoms with Crippen LogP contribution in [0.5, 0.6) is 5.75 Å². The van der Waals surface area contributed by atoms with Gasteiger partial charge >= 0.3 is 0 Å². The summed E-state index contributed by atoms with van der Waals surface area (Å²) in [5.41, 5.74) is 2.49. The Kier molecular flexibility index (Phi) is 7.11. The number of guanidine groups is 1. The molecule has 0 aliphatic carbocycles. The van der Waals surface area contributed by atoms with Gasteiger partial charge in [-0.25, -0.2) is 0 Å². The molecular formula is C22H30N4O. The molecule has 0 spiro atoms. The maximum Gasteiger partial charge on any atom is 0.194 e. The van der Waals surface area contributed by atoms with E-state index < -0.39 is 0 Å². The zero-order valence-corrected chi connectivity index (χ0v) is 16.1. The molecule has 1 fully saturated rings. The van der Waals surface area contributed by atoms with E-state index in [-0.39, 0.29) is 0 Å². The molecule has 1 aliphatic heterocycles. The van der Waals surface area contributed by atoms with E-state index in [2.05, 4.69) is 52.4 Å². The summed E-state index contributed by atoms with van der Waals surface area (Å²) in [5, 5.41) is 13.0. The average molecular weight is 367 g/mol. The lowest BCUT2D eigenvalue weighted by Crippen LogP contribution is -2.52. The Morgan fingerprint density at radius 1 is 1.00 bits per heavy atom. The van der Waals surface area contributed by atoms with E-state index in [0.717, 1.165) is 63.8 Å². The van der Waals surface area contributed by atoms with Gasteiger partial charge in [0.15, 0.2) is 5.96 Å². The van der Waals surface area contributed by atoms with Crippen molar-refractivity contribution in [3.8, 4) is 5.75 Å². The fraction of sp³-hybridized carbons (Fsp3) is 0.409. The molecule has 2 N–H and O–H groups in total. The molecule has 144 valence electrons. The molecule has 1 saturated heterocycles. The van der Waals surface area contributed by atoms with Crippen molar-refractivity contribution in [1.82, 2.24) is 15.1 Å². The molecule has 3 rings (SSSR count). The summed E-state index contributed by atoms with van der Waals surface area (Å²) in [4.78, 5) is 9.66. The van der Waals surface area contributed by atoms with Gasteiger partial charge in [0.2, 0.25) is 0 Å². The largest absolute Gasteiger partial charge is 0.508 e. The number of aliphatic imine (C=N–C) groups is 1. The topological polar surface area (TPSA) is 51.1 Å². The summed E-state index contributed by atoms with van der Waals surface area (Å²) < 4.78 is 0. The second-order valence-corrected chi connectivity index (χ2v) is 6.90. The fourth-order valence-corrected chi connectivity index (χ4v) is 3.39. The first-order valence-corrected chi connectivity index (χ1v) is 9.82. The van der Waals surface area contributed by atoms with E-state index in [1.165, 1.54) is 5.56 Å². The maximum atomic E-state index is 9.58. The van der Waals surface area contributed by atoms with E-state index in [4.69, 9.17) is 4.99 Å². The van der Waals surface area contributed by atoms with Crippen LogP contribution in [0.15, 0.2) is 59.6 Å². The number of nitrogens with zero attached hydrogens (tertiary/aromatic N) is 3. The van der Waals surface area contributed by atoms with Crippen molar-refractivity contribution in [3.63, 3.8) is 0 Å². The van der Waals surface area contributed by atoms with Crippen LogP contribution in [0, 0.1) is 0 Å². The molecule has 5 nitrogen and oxygen atoms in total. The Morgan fingerprint density at radius 3 is 2.44 bits per heavy atom. The van der Waals surface area contributed by atoms with Crippen LogP contribution in [0.25, 0.3) is 0 Å². The van der Waals surface area contributed by atoms with Gasteiger partial charge in [-0.15, -0.1) is 0 Å². The first-order valence-electron chi connectivity index (χ1n) is 9.82. The molecule has 0 radical (unpaired) electrons. The highest BCUT2D eigenvalue weighted by Crippen LogP contribution is 2.12. The highest BCUT2D eigenvalue weighted by atomic mass is 16.3. The molecule has 2 aromatic carbocycles. The molecule has 1 heterocycles. The summed E-state index contributed by atoms with van der Waals surface area (Å²) in [6.07, 6.45) is 0.831. The third-order valence-corrected chi connectivity index (χ3v) is 4.83. The van der Waals surface area contributed by atoms with Crippen molar-refractivity contribution in [2.24, 2.45) is 4.99 Å². The van der Waals surface area contributed by atoms with Crippen molar-refractivity contribution in [3.05, 3.63) is 65.7 Å². The third kappa shape index (κ3) is 6.00. The minimum absolute atomic E-state index is 0.318. The minimum Gasteiger partial charge on any atom is -0.508 e. The number of hydrogen-bond acceptors (Lipinski definition) is 3. The van der Waals surface area contributed by atoms with Crippen LogP contribution in [-0.4, -0.2) is 60.1 Å². The minimum atomic E-state index is 0.318. The van der Waals surface area contributed by atoms with Crippen molar-refractivity contribution < 1.29 is 5.11 Å². The number of phenolic OH excluding ortho intramolecular Hbond substituents is 1. The van der Waals surface area contributed by atoms with Gasteiger partial charge in [-0.1, -0.05) is 42.5 Å².